The molecule has 0 spiro atoms. The van der Waals surface area contributed by atoms with Crippen LogP contribution in [0, 0.1) is 0 Å². The van der Waals surface area contributed by atoms with E-state index >= 15 is 0 Å². The Morgan fingerprint density at radius 2 is 1.95 bits per heavy atom. The summed E-state index contributed by atoms with van der Waals surface area (Å²) in [6, 6.07) is 8.42. The molecule has 0 radical (unpaired) electrons. The van der Waals surface area contributed by atoms with Gasteiger partial charge in [-0.3, -0.25) is 4.68 Å². The summed E-state index contributed by atoms with van der Waals surface area (Å²) < 4.78 is 7.37. The first-order valence-corrected chi connectivity index (χ1v) is 7.12. The quantitative estimate of drug-likeness (QED) is 0.879. The second-order valence-corrected chi connectivity index (χ2v) is 4.78. The van der Waals surface area contributed by atoms with Crippen molar-refractivity contribution in [3.05, 3.63) is 47.3 Å². The molecule has 2 aromatic rings. The van der Waals surface area contributed by atoms with Gasteiger partial charge in [0.1, 0.15) is 5.75 Å². The van der Waals surface area contributed by atoms with E-state index in [4.69, 9.17) is 4.74 Å². The van der Waals surface area contributed by atoms with Crippen molar-refractivity contribution in [1.82, 2.24) is 15.1 Å². The van der Waals surface area contributed by atoms with Crippen LogP contribution >= 0.6 is 0 Å². The number of nitrogens with zero attached hydrogens (tertiary/aromatic N) is 2. The zero-order valence-corrected chi connectivity index (χ0v) is 12.7. The van der Waals surface area contributed by atoms with Gasteiger partial charge in [0.25, 0.3) is 0 Å². The minimum absolute atomic E-state index is 0.161. The molecule has 0 amide bonds. The largest absolute Gasteiger partial charge is 0.494 e. The van der Waals surface area contributed by atoms with Crippen LogP contribution in [0.15, 0.2) is 30.5 Å². The minimum atomic E-state index is 0.161. The number of hydrogen-bond donors (Lipinski definition) is 1. The summed E-state index contributed by atoms with van der Waals surface area (Å²) in [6.45, 7) is 4.82. The Kier molecular flexibility index (Phi) is 4.79. The molecular weight excluding hydrogens is 250 g/mol. The average molecular weight is 273 g/mol. The smallest absolute Gasteiger partial charge is 0.119 e. The Balaban J connectivity index is 2.31. The zero-order valence-electron chi connectivity index (χ0n) is 12.7. The van der Waals surface area contributed by atoms with Crippen molar-refractivity contribution in [1.29, 1.82) is 0 Å². The zero-order chi connectivity index (χ0) is 14.5. The molecule has 1 aromatic carbocycles. The van der Waals surface area contributed by atoms with Gasteiger partial charge in [0.15, 0.2) is 0 Å². The Hall–Kier alpha value is -1.81. The van der Waals surface area contributed by atoms with Crippen molar-refractivity contribution < 1.29 is 4.74 Å². The van der Waals surface area contributed by atoms with Crippen molar-refractivity contribution in [3.8, 4) is 5.75 Å². The van der Waals surface area contributed by atoms with Crippen LogP contribution in [-0.4, -0.2) is 23.4 Å². The van der Waals surface area contributed by atoms with Crippen LogP contribution in [-0.2, 0) is 13.5 Å². The molecule has 0 bridgehead atoms. The molecule has 2 rings (SSSR count). The highest BCUT2D eigenvalue weighted by atomic mass is 16.5. The van der Waals surface area contributed by atoms with E-state index in [1.807, 2.05) is 37.8 Å². The molecule has 108 valence electrons. The van der Waals surface area contributed by atoms with Crippen LogP contribution in [0.1, 0.15) is 36.7 Å². The van der Waals surface area contributed by atoms with E-state index in [0.717, 1.165) is 17.9 Å². The first kappa shape index (κ1) is 14.6. The maximum atomic E-state index is 5.49. The van der Waals surface area contributed by atoms with Crippen molar-refractivity contribution >= 4 is 0 Å². The highest BCUT2D eigenvalue weighted by Gasteiger charge is 2.18. The fourth-order valence-electron chi connectivity index (χ4n) is 2.49. The molecule has 0 saturated carbocycles. The predicted molar refractivity (Wildman–Crippen MR) is 81.1 cm³/mol. The number of aromatic nitrogens is 2. The third kappa shape index (κ3) is 3.02. The molecule has 1 N–H and O–H groups in total. The van der Waals surface area contributed by atoms with Gasteiger partial charge in [0, 0.05) is 18.8 Å². The normalized spacial score (nSPS) is 12.4. The van der Waals surface area contributed by atoms with E-state index in [9.17, 15) is 0 Å². The van der Waals surface area contributed by atoms with E-state index < -0.39 is 0 Å². The lowest BCUT2D eigenvalue weighted by Gasteiger charge is -2.17. The number of ether oxygens (including phenoxy) is 1. The summed E-state index contributed by atoms with van der Waals surface area (Å²) in [5, 5.41) is 7.90. The van der Waals surface area contributed by atoms with Crippen LogP contribution in [0.25, 0.3) is 0 Å². The van der Waals surface area contributed by atoms with E-state index in [1.165, 1.54) is 11.1 Å². The van der Waals surface area contributed by atoms with Gasteiger partial charge in [-0.1, -0.05) is 19.1 Å². The maximum absolute atomic E-state index is 5.49. The summed E-state index contributed by atoms with van der Waals surface area (Å²) in [7, 11) is 3.95. The van der Waals surface area contributed by atoms with Crippen LogP contribution in [0.2, 0.25) is 0 Å². The number of nitrogens with one attached hydrogen (secondary N) is 1. The van der Waals surface area contributed by atoms with E-state index in [2.05, 4.69) is 35.7 Å². The Morgan fingerprint density at radius 1 is 1.25 bits per heavy atom. The Morgan fingerprint density at radius 3 is 2.50 bits per heavy atom. The standard InChI is InChI=1S/C16H23N3O/c1-5-15-14(11-19(4)18-15)16(17-3)12-7-9-13(10-8-12)20-6-2/h7-11,16-17H,5-6H2,1-4H3. The van der Waals surface area contributed by atoms with Crippen molar-refractivity contribution in [2.45, 2.75) is 26.3 Å². The summed E-state index contributed by atoms with van der Waals surface area (Å²) in [4.78, 5) is 0. The lowest BCUT2D eigenvalue weighted by Crippen LogP contribution is -2.18. The van der Waals surface area contributed by atoms with E-state index in [1.54, 1.807) is 0 Å². The number of benzene rings is 1. The monoisotopic (exact) mass is 273 g/mol. The number of rotatable bonds is 6. The Bertz CT molecular complexity index is 545. The van der Waals surface area contributed by atoms with Gasteiger partial charge in [0.2, 0.25) is 0 Å². The highest BCUT2D eigenvalue weighted by Crippen LogP contribution is 2.26. The van der Waals surface area contributed by atoms with Crippen molar-refractivity contribution in [3.63, 3.8) is 0 Å². The molecule has 4 heteroatoms. The fourth-order valence-corrected chi connectivity index (χ4v) is 2.49. The Labute approximate surface area is 120 Å². The second kappa shape index (κ2) is 6.57. The van der Waals surface area contributed by atoms with Gasteiger partial charge in [-0.05, 0) is 38.1 Å². The summed E-state index contributed by atoms with van der Waals surface area (Å²) in [5.74, 6) is 0.910. The average Bonchev–Trinajstić information content (AvgIpc) is 2.83. The molecule has 0 aliphatic carbocycles. The summed E-state index contributed by atoms with van der Waals surface area (Å²) in [5.41, 5.74) is 3.60. The molecular formula is C16H23N3O. The van der Waals surface area contributed by atoms with Gasteiger partial charge in [-0.15, -0.1) is 0 Å². The summed E-state index contributed by atoms with van der Waals surface area (Å²) in [6.07, 6.45) is 3.03. The molecule has 0 aliphatic rings. The molecule has 20 heavy (non-hydrogen) atoms. The van der Waals surface area contributed by atoms with Gasteiger partial charge in [-0.2, -0.15) is 5.10 Å². The first-order valence-electron chi connectivity index (χ1n) is 7.12. The topological polar surface area (TPSA) is 39.1 Å². The molecule has 0 saturated heterocycles. The second-order valence-electron chi connectivity index (χ2n) is 4.78. The maximum Gasteiger partial charge on any atom is 0.119 e. The van der Waals surface area contributed by atoms with Crippen LogP contribution < -0.4 is 10.1 Å². The molecule has 0 fully saturated rings. The molecule has 1 unspecified atom stereocenters. The third-order valence-electron chi connectivity index (χ3n) is 3.40. The molecule has 4 nitrogen and oxygen atoms in total. The van der Waals surface area contributed by atoms with E-state index in [0.29, 0.717) is 6.61 Å². The molecule has 1 heterocycles. The van der Waals surface area contributed by atoms with Gasteiger partial charge in [0.05, 0.1) is 18.3 Å². The SMILES string of the molecule is CCOc1ccc(C(NC)c2cn(C)nc2CC)cc1. The number of aryl methyl sites for hydroxylation is 2. The van der Waals surface area contributed by atoms with E-state index in [-0.39, 0.29) is 6.04 Å². The lowest BCUT2D eigenvalue weighted by atomic mass is 9.98. The number of hydrogen-bond acceptors (Lipinski definition) is 3. The predicted octanol–water partition coefficient (Wildman–Crippen LogP) is 2.69. The van der Waals surface area contributed by atoms with Crippen LogP contribution in [0.4, 0.5) is 0 Å². The first-order chi connectivity index (χ1) is 9.69. The van der Waals surface area contributed by atoms with Crippen molar-refractivity contribution in [2.24, 2.45) is 7.05 Å². The molecule has 1 atom stereocenters. The lowest BCUT2D eigenvalue weighted by molar-refractivity contribution is 0.340. The highest BCUT2D eigenvalue weighted by molar-refractivity contribution is 5.36. The fraction of sp³-hybridized carbons (Fsp3) is 0.438. The van der Waals surface area contributed by atoms with Crippen LogP contribution in [0.5, 0.6) is 5.75 Å². The molecule has 0 aliphatic heterocycles. The summed E-state index contributed by atoms with van der Waals surface area (Å²) >= 11 is 0. The third-order valence-corrected chi connectivity index (χ3v) is 3.40. The van der Waals surface area contributed by atoms with Gasteiger partial charge >= 0.3 is 0 Å². The van der Waals surface area contributed by atoms with Gasteiger partial charge in [-0.25, -0.2) is 0 Å². The minimum Gasteiger partial charge on any atom is -0.494 e. The molecule has 1 aromatic heterocycles. The van der Waals surface area contributed by atoms with Crippen molar-refractivity contribution in [2.75, 3.05) is 13.7 Å². The van der Waals surface area contributed by atoms with Gasteiger partial charge < -0.3 is 10.1 Å². The van der Waals surface area contributed by atoms with Crippen LogP contribution in [0.3, 0.4) is 0 Å².